The number of carbonyl (C=O) groups is 1. The molecule has 1 aromatic carbocycles. The van der Waals surface area contributed by atoms with Crippen molar-refractivity contribution in [2.45, 2.75) is 6.92 Å². The van der Waals surface area contributed by atoms with Crippen molar-refractivity contribution in [1.29, 1.82) is 5.26 Å². The van der Waals surface area contributed by atoms with Crippen molar-refractivity contribution in [2.75, 3.05) is 23.7 Å². The topological polar surface area (TPSA) is 133 Å². The molecule has 10 nitrogen and oxygen atoms in total. The minimum Gasteiger partial charge on any atom is -0.367 e. The summed E-state index contributed by atoms with van der Waals surface area (Å²) >= 11 is 0. The number of hydrogen-bond acceptors (Lipinski definition) is 7. The first-order valence-electron chi connectivity index (χ1n) is 8.15. The summed E-state index contributed by atoms with van der Waals surface area (Å²) in [7, 11) is 0. The first-order chi connectivity index (χ1) is 13.2. The zero-order valence-electron chi connectivity index (χ0n) is 14.5. The van der Waals surface area contributed by atoms with Crippen LogP contribution < -0.4 is 16.0 Å². The standard InChI is InChI=1S/C17H17N9O/c1-12-4-5-14(9-15(12)26-11-22-24-25-26)23-17(27)21-8-7-20-16-13(10-18)3-2-6-19-16/h2-6,9,11H,7-8H2,1H3,(H,19,20)(H2,21,23,27). The van der Waals surface area contributed by atoms with Crippen LogP contribution in [0.1, 0.15) is 11.1 Å². The molecule has 2 heterocycles. The number of anilines is 2. The number of urea groups is 1. The number of carbonyl (C=O) groups excluding carboxylic acids is 1. The quantitative estimate of drug-likeness (QED) is 0.565. The van der Waals surface area contributed by atoms with Gasteiger partial charge >= 0.3 is 6.03 Å². The monoisotopic (exact) mass is 363 g/mol. The first kappa shape index (κ1) is 17.8. The summed E-state index contributed by atoms with van der Waals surface area (Å²) < 4.78 is 1.53. The summed E-state index contributed by atoms with van der Waals surface area (Å²) in [6.45, 7) is 2.72. The second-order valence-corrected chi connectivity index (χ2v) is 5.57. The summed E-state index contributed by atoms with van der Waals surface area (Å²) in [6, 6.07) is 10.5. The molecule has 3 N–H and O–H groups in total. The number of nitrogens with zero attached hydrogens (tertiary/aromatic N) is 6. The highest BCUT2D eigenvalue weighted by Gasteiger charge is 2.07. The Kier molecular flexibility index (Phi) is 5.54. The second-order valence-electron chi connectivity index (χ2n) is 5.57. The number of benzene rings is 1. The summed E-state index contributed by atoms with van der Waals surface area (Å²) in [5, 5.41) is 28.6. The molecule has 0 saturated heterocycles. The summed E-state index contributed by atoms with van der Waals surface area (Å²) in [5.41, 5.74) is 2.82. The molecule has 0 aliphatic carbocycles. The fraction of sp³-hybridized carbons (Fsp3) is 0.176. The predicted molar refractivity (Wildman–Crippen MR) is 98.4 cm³/mol. The van der Waals surface area contributed by atoms with Gasteiger partial charge in [0.1, 0.15) is 18.2 Å². The third kappa shape index (κ3) is 4.55. The molecule has 0 bridgehead atoms. The Hall–Kier alpha value is -4.00. The minimum atomic E-state index is -0.343. The Bertz CT molecular complexity index is 963. The number of tetrazole rings is 1. The number of nitrogens with one attached hydrogen (secondary N) is 3. The van der Waals surface area contributed by atoms with Crippen molar-refractivity contribution in [3.05, 3.63) is 54.0 Å². The molecule has 0 spiro atoms. The Morgan fingerprint density at radius 1 is 1.30 bits per heavy atom. The smallest absolute Gasteiger partial charge is 0.319 e. The Morgan fingerprint density at radius 3 is 2.96 bits per heavy atom. The number of nitriles is 1. The number of rotatable bonds is 6. The van der Waals surface area contributed by atoms with E-state index in [0.717, 1.165) is 11.3 Å². The highest BCUT2D eigenvalue weighted by atomic mass is 16.2. The van der Waals surface area contributed by atoms with E-state index >= 15 is 0 Å². The highest BCUT2D eigenvalue weighted by Crippen LogP contribution is 2.18. The van der Waals surface area contributed by atoms with E-state index in [2.05, 4.69) is 42.5 Å². The molecule has 10 heteroatoms. The molecule has 0 atom stereocenters. The van der Waals surface area contributed by atoms with Gasteiger partial charge in [0.2, 0.25) is 0 Å². The number of hydrogen-bond donors (Lipinski definition) is 3. The second kappa shape index (κ2) is 8.39. The number of aryl methyl sites for hydroxylation is 1. The largest absolute Gasteiger partial charge is 0.367 e. The highest BCUT2D eigenvalue weighted by molar-refractivity contribution is 5.89. The maximum atomic E-state index is 12.1. The zero-order valence-corrected chi connectivity index (χ0v) is 14.5. The SMILES string of the molecule is Cc1ccc(NC(=O)NCCNc2ncccc2C#N)cc1-n1cnnn1. The molecule has 3 rings (SSSR count). The van der Waals surface area contributed by atoms with E-state index in [0.29, 0.717) is 30.2 Å². The molecule has 27 heavy (non-hydrogen) atoms. The lowest BCUT2D eigenvalue weighted by Crippen LogP contribution is -2.32. The van der Waals surface area contributed by atoms with Crippen LogP contribution in [-0.4, -0.2) is 44.3 Å². The maximum absolute atomic E-state index is 12.1. The molecular formula is C17H17N9O. The molecule has 0 radical (unpaired) electrons. The van der Waals surface area contributed by atoms with Crippen molar-refractivity contribution in [3.63, 3.8) is 0 Å². The summed E-state index contributed by atoms with van der Waals surface area (Å²) in [5.74, 6) is 0.492. The fourth-order valence-electron chi connectivity index (χ4n) is 2.37. The molecule has 0 aliphatic heterocycles. The molecular weight excluding hydrogens is 346 g/mol. The van der Waals surface area contributed by atoms with Gasteiger partial charge in [0.25, 0.3) is 0 Å². The Labute approximate surface area is 155 Å². The number of pyridine rings is 1. The van der Waals surface area contributed by atoms with Crippen molar-refractivity contribution in [3.8, 4) is 11.8 Å². The van der Waals surface area contributed by atoms with Crippen molar-refractivity contribution >= 4 is 17.5 Å². The Morgan fingerprint density at radius 2 is 2.19 bits per heavy atom. The molecule has 2 amide bonds. The lowest BCUT2D eigenvalue weighted by molar-refractivity contribution is 0.252. The lowest BCUT2D eigenvalue weighted by Gasteiger charge is -2.11. The summed E-state index contributed by atoms with van der Waals surface area (Å²) in [4.78, 5) is 16.2. The van der Waals surface area contributed by atoms with E-state index in [1.165, 1.54) is 11.0 Å². The van der Waals surface area contributed by atoms with Crippen LogP contribution in [0, 0.1) is 18.3 Å². The van der Waals surface area contributed by atoms with Crippen LogP contribution >= 0.6 is 0 Å². The molecule has 3 aromatic rings. The Balaban J connectivity index is 1.51. The van der Waals surface area contributed by atoms with Gasteiger partial charge in [-0.3, -0.25) is 0 Å². The summed E-state index contributed by atoms with van der Waals surface area (Å²) in [6.07, 6.45) is 3.09. The molecule has 0 saturated carbocycles. The first-order valence-corrected chi connectivity index (χ1v) is 8.15. The van der Waals surface area contributed by atoms with Crippen LogP contribution in [0.3, 0.4) is 0 Å². The average molecular weight is 363 g/mol. The number of amides is 2. The van der Waals surface area contributed by atoms with Gasteiger partial charge in [-0.05, 0) is 47.2 Å². The normalized spacial score (nSPS) is 10.1. The van der Waals surface area contributed by atoms with Crippen LogP contribution in [0.2, 0.25) is 0 Å². The van der Waals surface area contributed by atoms with Crippen molar-refractivity contribution < 1.29 is 4.79 Å². The van der Waals surface area contributed by atoms with Gasteiger partial charge in [-0.25, -0.2) is 14.5 Å². The van der Waals surface area contributed by atoms with Gasteiger partial charge in [0.05, 0.1) is 11.3 Å². The van der Waals surface area contributed by atoms with Crippen LogP contribution in [0.4, 0.5) is 16.3 Å². The maximum Gasteiger partial charge on any atom is 0.319 e. The van der Waals surface area contributed by atoms with Crippen LogP contribution in [0.5, 0.6) is 0 Å². The van der Waals surface area contributed by atoms with Gasteiger partial charge < -0.3 is 16.0 Å². The van der Waals surface area contributed by atoms with E-state index in [4.69, 9.17) is 5.26 Å². The van der Waals surface area contributed by atoms with Crippen LogP contribution in [0.15, 0.2) is 42.9 Å². The lowest BCUT2D eigenvalue weighted by atomic mass is 10.2. The van der Waals surface area contributed by atoms with Crippen LogP contribution in [0.25, 0.3) is 5.69 Å². The van der Waals surface area contributed by atoms with Crippen molar-refractivity contribution in [2.24, 2.45) is 0 Å². The molecule has 136 valence electrons. The van der Waals surface area contributed by atoms with Gasteiger partial charge in [-0.15, -0.1) is 5.10 Å². The van der Waals surface area contributed by atoms with Gasteiger partial charge in [-0.1, -0.05) is 6.07 Å². The van der Waals surface area contributed by atoms with E-state index in [-0.39, 0.29) is 6.03 Å². The van der Waals surface area contributed by atoms with Gasteiger partial charge in [-0.2, -0.15) is 5.26 Å². The number of aromatic nitrogens is 5. The minimum absolute atomic E-state index is 0.343. The van der Waals surface area contributed by atoms with E-state index in [1.54, 1.807) is 30.5 Å². The molecule has 2 aromatic heterocycles. The fourth-order valence-corrected chi connectivity index (χ4v) is 2.37. The third-order valence-corrected chi connectivity index (χ3v) is 3.69. The average Bonchev–Trinajstić information content (AvgIpc) is 3.21. The van der Waals surface area contributed by atoms with Gasteiger partial charge in [0, 0.05) is 25.0 Å². The zero-order chi connectivity index (χ0) is 19.1. The third-order valence-electron chi connectivity index (χ3n) is 3.69. The van der Waals surface area contributed by atoms with E-state index < -0.39 is 0 Å². The van der Waals surface area contributed by atoms with E-state index in [1.807, 2.05) is 13.0 Å². The van der Waals surface area contributed by atoms with Gasteiger partial charge in [0.15, 0.2) is 0 Å². The molecule has 0 unspecified atom stereocenters. The molecule has 0 aliphatic rings. The van der Waals surface area contributed by atoms with Crippen molar-refractivity contribution in [1.82, 2.24) is 30.5 Å². The van der Waals surface area contributed by atoms with Crippen LogP contribution in [-0.2, 0) is 0 Å². The predicted octanol–water partition coefficient (Wildman–Crippen LogP) is 1.47. The molecule has 0 fully saturated rings. The van der Waals surface area contributed by atoms with E-state index in [9.17, 15) is 4.79 Å².